The van der Waals surface area contributed by atoms with Crippen LogP contribution in [0.15, 0.2) is 91.0 Å². The molecular weight excluding hydrogens is 548 g/mol. The summed E-state index contributed by atoms with van der Waals surface area (Å²) < 4.78 is 6.76. The van der Waals surface area contributed by atoms with Crippen LogP contribution in [0.25, 0.3) is 11.1 Å². The normalized spacial score (nSPS) is 12.1. The highest BCUT2D eigenvalue weighted by Gasteiger charge is 2.27. The minimum absolute atomic E-state index is 0.0567. The lowest BCUT2D eigenvalue weighted by Crippen LogP contribution is -2.26. The first-order valence-electron chi connectivity index (χ1n) is 13.9. The van der Waals surface area contributed by atoms with Crippen LogP contribution in [0, 0.1) is 18.3 Å². The van der Waals surface area contributed by atoms with Gasteiger partial charge in [-0.2, -0.15) is 5.26 Å². The summed E-state index contributed by atoms with van der Waals surface area (Å²) in [5.74, 6) is -0.699. The number of carbonyl (C=O) groups is 2. The molecule has 42 heavy (non-hydrogen) atoms. The second-order valence-corrected chi connectivity index (χ2v) is 10.6. The summed E-state index contributed by atoms with van der Waals surface area (Å²) in [5.41, 5.74) is 5.86. The van der Waals surface area contributed by atoms with E-state index in [1.807, 2.05) is 79.7 Å². The van der Waals surface area contributed by atoms with Crippen LogP contribution in [0.5, 0.6) is 5.75 Å². The quantitative estimate of drug-likeness (QED) is 0.176. The van der Waals surface area contributed by atoms with E-state index in [9.17, 15) is 14.9 Å². The van der Waals surface area contributed by atoms with Gasteiger partial charge in [-0.3, -0.25) is 9.59 Å². The van der Waals surface area contributed by atoms with Crippen LogP contribution < -0.4 is 10.1 Å². The number of nitrogens with one attached hydrogen (secondary N) is 1. The Morgan fingerprint density at radius 2 is 1.62 bits per heavy atom. The van der Waals surface area contributed by atoms with Crippen LogP contribution in [0.4, 0.5) is 0 Å². The number of nitriles is 1. The molecule has 0 bridgehead atoms. The molecule has 0 aliphatic rings. The molecule has 0 aliphatic carbocycles. The van der Waals surface area contributed by atoms with E-state index in [1.54, 1.807) is 18.2 Å². The van der Waals surface area contributed by atoms with Gasteiger partial charge in [0.05, 0.1) is 18.1 Å². The highest BCUT2D eigenvalue weighted by atomic mass is 35.5. The molecule has 0 unspecified atom stereocenters. The zero-order valence-electron chi connectivity index (χ0n) is 23.6. The molecule has 0 heterocycles. The van der Waals surface area contributed by atoms with Crippen molar-refractivity contribution in [3.63, 3.8) is 0 Å². The number of hydrogen-bond acceptors (Lipinski definition) is 4. The molecule has 0 aliphatic heterocycles. The maximum atomic E-state index is 12.5. The van der Waals surface area contributed by atoms with Crippen molar-refractivity contribution in [1.29, 1.82) is 5.26 Å². The summed E-state index contributed by atoms with van der Waals surface area (Å²) in [7, 11) is 0. The third-order valence-electron chi connectivity index (χ3n) is 7.13. The van der Waals surface area contributed by atoms with Gasteiger partial charge in [0, 0.05) is 28.6 Å². The summed E-state index contributed by atoms with van der Waals surface area (Å²) in [5, 5.41) is 21.9. The lowest BCUT2D eigenvalue weighted by molar-refractivity contribution is -0.136. The number of hydrogen-bond donors (Lipinski definition) is 2. The molecule has 0 saturated carbocycles. The van der Waals surface area contributed by atoms with E-state index in [-0.39, 0.29) is 30.9 Å². The van der Waals surface area contributed by atoms with E-state index in [1.165, 1.54) is 0 Å². The van der Waals surface area contributed by atoms with E-state index in [0.29, 0.717) is 21.9 Å². The number of halogens is 1. The molecule has 1 amide bonds. The minimum Gasteiger partial charge on any atom is -0.485 e. The van der Waals surface area contributed by atoms with Crippen LogP contribution in [0.3, 0.4) is 0 Å². The van der Waals surface area contributed by atoms with Gasteiger partial charge in [0.25, 0.3) is 5.91 Å². The minimum atomic E-state index is -0.963. The molecule has 2 N–H and O–H groups in total. The molecule has 7 heteroatoms. The molecule has 214 valence electrons. The second-order valence-electron chi connectivity index (χ2n) is 10.2. The van der Waals surface area contributed by atoms with Crippen molar-refractivity contribution in [2.45, 2.75) is 45.1 Å². The average Bonchev–Trinajstić information content (AvgIpc) is 2.99. The first-order chi connectivity index (χ1) is 20.3. The van der Waals surface area contributed by atoms with Gasteiger partial charge >= 0.3 is 5.97 Å². The summed E-state index contributed by atoms with van der Waals surface area (Å²) in [6, 6.07) is 30.9. The maximum absolute atomic E-state index is 12.5. The fraction of sp³-hybridized carbons (Fsp3) is 0.229. The number of carboxylic acids is 1. The monoisotopic (exact) mass is 580 g/mol. The van der Waals surface area contributed by atoms with Crippen molar-refractivity contribution in [3.8, 4) is 22.9 Å². The molecule has 0 spiro atoms. The third kappa shape index (κ3) is 7.78. The van der Waals surface area contributed by atoms with Gasteiger partial charge < -0.3 is 15.2 Å². The fourth-order valence-electron chi connectivity index (χ4n) is 4.92. The van der Waals surface area contributed by atoms with Crippen LogP contribution in [-0.4, -0.2) is 23.5 Å². The van der Waals surface area contributed by atoms with E-state index in [2.05, 4.69) is 18.3 Å². The number of carboxylic acid groups (broad SMARTS) is 1. The molecule has 4 rings (SSSR count). The Bertz CT molecular complexity index is 1560. The lowest BCUT2D eigenvalue weighted by atomic mass is 9.85. The third-order valence-corrected chi connectivity index (χ3v) is 7.38. The number of benzene rings is 4. The fourth-order valence-corrected chi connectivity index (χ4v) is 5.04. The Morgan fingerprint density at radius 3 is 2.24 bits per heavy atom. The van der Waals surface area contributed by atoms with Gasteiger partial charge in [-0.15, -0.1) is 0 Å². The van der Waals surface area contributed by atoms with Crippen LogP contribution in [-0.2, 0) is 4.79 Å². The van der Waals surface area contributed by atoms with Crippen molar-refractivity contribution < 1.29 is 19.4 Å². The first-order valence-corrected chi connectivity index (χ1v) is 14.3. The summed E-state index contributed by atoms with van der Waals surface area (Å²) in [6.07, 6.45) is 1.20. The number of ether oxygens (including phenoxy) is 1. The van der Waals surface area contributed by atoms with Crippen molar-refractivity contribution in [2.75, 3.05) is 6.54 Å². The zero-order valence-corrected chi connectivity index (χ0v) is 24.4. The number of aryl methyl sites for hydroxylation is 1. The molecule has 0 fully saturated rings. The van der Waals surface area contributed by atoms with Crippen molar-refractivity contribution >= 4 is 23.5 Å². The number of amides is 1. The van der Waals surface area contributed by atoms with Gasteiger partial charge in [-0.05, 0) is 72.5 Å². The van der Waals surface area contributed by atoms with Crippen molar-refractivity contribution in [1.82, 2.24) is 5.32 Å². The predicted octanol–water partition coefficient (Wildman–Crippen LogP) is 8.10. The summed E-state index contributed by atoms with van der Waals surface area (Å²) >= 11 is 6.23. The highest BCUT2D eigenvalue weighted by molar-refractivity contribution is 6.30. The molecule has 4 aromatic rings. The van der Waals surface area contributed by atoms with E-state index in [4.69, 9.17) is 21.4 Å². The molecule has 4 aromatic carbocycles. The van der Waals surface area contributed by atoms with E-state index >= 15 is 0 Å². The van der Waals surface area contributed by atoms with Crippen molar-refractivity contribution in [2.24, 2.45) is 0 Å². The van der Waals surface area contributed by atoms with Gasteiger partial charge in [0.15, 0.2) is 0 Å². The standard InChI is InChI=1S/C35H33ClN2O4/c1-3-4-31(24-9-11-27(12-10-24)35(41)38-20-19-33(39)40)34(26-13-16-29(36)17-14-26)42-30-18-15-28(22-37)32(21-30)25-7-5-23(2)6-8-25/h5-18,21,31,34H,3-4,19-20H2,1-2H3,(H,38,41)(H,39,40)/t31-,34+/m1/s1. The largest absolute Gasteiger partial charge is 0.485 e. The smallest absolute Gasteiger partial charge is 0.305 e. The van der Waals surface area contributed by atoms with Crippen molar-refractivity contribution in [3.05, 3.63) is 124 Å². The zero-order chi connectivity index (χ0) is 30.1. The molecular formula is C35H33ClN2O4. The van der Waals surface area contributed by atoms with Crippen LogP contribution in [0.1, 0.15) is 70.8 Å². The van der Waals surface area contributed by atoms with E-state index < -0.39 is 5.97 Å². The first kappa shape index (κ1) is 30.4. The average molecular weight is 581 g/mol. The molecule has 2 atom stereocenters. The summed E-state index contributed by atoms with van der Waals surface area (Å²) in [6.45, 7) is 4.21. The topological polar surface area (TPSA) is 99.4 Å². The summed E-state index contributed by atoms with van der Waals surface area (Å²) in [4.78, 5) is 23.3. The van der Waals surface area contributed by atoms with Crippen LogP contribution >= 0.6 is 11.6 Å². The number of nitrogens with zero attached hydrogens (tertiary/aromatic N) is 1. The highest BCUT2D eigenvalue weighted by Crippen LogP contribution is 2.40. The van der Waals surface area contributed by atoms with Gasteiger partial charge in [-0.25, -0.2) is 0 Å². The maximum Gasteiger partial charge on any atom is 0.305 e. The number of carbonyl (C=O) groups excluding carboxylic acids is 1. The Morgan fingerprint density at radius 1 is 0.952 bits per heavy atom. The Hall–Kier alpha value is -4.60. The van der Waals surface area contributed by atoms with Crippen LogP contribution in [0.2, 0.25) is 5.02 Å². The Kier molecular flexibility index (Phi) is 10.4. The predicted molar refractivity (Wildman–Crippen MR) is 165 cm³/mol. The molecule has 0 radical (unpaired) electrons. The Labute approximate surface area is 251 Å². The molecule has 0 saturated heterocycles. The van der Waals surface area contributed by atoms with Gasteiger partial charge in [0.2, 0.25) is 0 Å². The number of rotatable bonds is 12. The SMILES string of the molecule is CCC[C@H](c1ccc(C(=O)NCCC(=O)O)cc1)[C@@H](Oc1ccc(C#N)c(-c2ccc(C)cc2)c1)c1ccc(Cl)cc1. The lowest BCUT2D eigenvalue weighted by Gasteiger charge is -2.29. The van der Waals surface area contributed by atoms with E-state index in [0.717, 1.165) is 40.7 Å². The van der Waals surface area contributed by atoms with Gasteiger partial charge in [-0.1, -0.05) is 79.0 Å². The second kappa shape index (κ2) is 14.3. The van der Waals surface area contributed by atoms with Gasteiger partial charge in [0.1, 0.15) is 11.9 Å². The number of aliphatic carboxylic acids is 1. The molecule has 0 aromatic heterocycles. The Balaban J connectivity index is 1.68. The molecule has 6 nitrogen and oxygen atoms in total.